The van der Waals surface area contributed by atoms with Gasteiger partial charge in [0.2, 0.25) is 5.95 Å². The second-order valence-electron chi connectivity index (χ2n) is 5.66. The zero-order valence-corrected chi connectivity index (χ0v) is 14.5. The summed E-state index contributed by atoms with van der Waals surface area (Å²) in [5, 5.41) is 6.93. The van der Waals surface area contributed by atoms with Gasteiger partial charge in [0.1, 0.15) is 11.0 Å². The third-order valence-electron chi connectivity index (χ3n) is 3.57. The maximum Gasteiger partial charge on any atom is 0.229 e. The van der Waals surface area contributed by atoms with E-state index in [0.29, 0.717) is 11.1 Å². The Morgan fingerprint density at radius 1 is 0.917 bits per heavy atom. The molecule has 6 heteroatoms. The molecule has 0 aliphatic rings. The van der Waals surface area contributed by atoms with Crippen molar-refractivity contribution in [1.82, 2.24) is 15.0 Å². The van der Waals surface area contributed by atoms with Crippen LogP contribution in [-0.4, -0.2) is 15.0 Å². The first kappa shape index (κ1) is 16.2. The summed E-state index contributed by atoms with van der Waals surface area (Å²) >= 11 is 5.79. The number of hydrogen-bond acceptors (Lipinski definition) is 5. The normalized spacial score (nSPS) is 10.5. The molecule has 1 aromatic carbocycles. The van der Waals surface area contributed by atoms with Gasteiger partial charge in [0.25, 0.3) is 0 Å². The van der Waals surface area contributed by atoms with Crippen LogP contribution in [0.4, 0.5) is 23.1 Å². The third-order valence-corrected chi connectivity index (χ3v) is 3.79. The first-order chi connectivity index (χ1) is 11.5. The predicted octanol–water partition coefficient (Wildman–Crippen LogP) is 4.94. The Bertz CT molecular complexity index is 839. The number of halogens is 1. The van der Waals surface area contributed by atoms with Crippen LogP contribution in [0.25, 0.3) is 0 Å². The molecule has 2 N–H and O–H groups in total. The SMILES string of the molecule is Cc1cc(C)c(Nc2ccnc(Nc3ccc(Cl)nc3)n2)c(C)c1. The zero-order valence-electron chi connectivity index (χ0n) is 13.8. The number of rotatable bonds is 4. The lowest BCUT2D eigenvalue weighted by Crippen LogP contribution is -2.02. The van der Waals surface area contributed by atoms with Crippen molar-refractivity contribution in [2.45, 2.75) is 20.8 Å². The highest BCUT2D eigenvalue weighted by molar-refractivity contribution is 6.29. The second-order valence-corrected chi connectivity index (χ2v) is 6.05. The van der Waals surface area contributed by atoms with Crippen LogP contribution >= 0.6 is 11.6 Å². The molecule has 0 saturated heterocycles. The van der Waals surface area contributed by atoms with Crippen molar-refractivity contribution in [3.05, 3.63) is 64.6 Å². The molecule has 0 radical (unpaired) electrons. The van der Waals surface area contributed by atoms with Crippen LogP contribution in [-0.2, 0) is 0 Å². The van der Waals surface area contributed by atoms with E-state index >= 15 is 0 Å². The molecule has 0 unspecified atom stereocenters. The van der Waals surface area contributed by atoms with E-state index in [4.69, 9.17) is 11.6 Å². The van der Waals surface area contributed by atoms with Crippen LogP contribution in [0.5, 0.6) is 0 Å². The van der Waals surface area contributed by atoms with Crippen LogP contribution in [0, 0.1) is 20.8 Å². The van der Waals surface area contributed by atoms with Gasteiger partial charge in [-0.05, 0) is 50.1 Å². The summed E-state index contributed by atoms with van der Waals surface area (Å²) in [7, 11) is 0. The molecule has 5 nitrogen and oxygen atoms in total. The highest BCUT2D eigenvalue weighted by atomic mass is 35.5. The number of nitrogens with zero attached hydrogens (tertiary/aromatic N) is 3. The number of pyridine rings is 1. The van der Waals surface area contributed by atoms with Crippen molar-refractivity contribution in [2.75, 3.05) is 10.6 Å². The van der Waals surface area contributed by atoms with Crippen LogP contribution in [0.1, 0.15) is 16.7 Å². The minimum absolute atomic E-state index is 0.446. The number of hydrogen-bond donors (Lipinski definition) is 2. The van der Waals surface area contributed by atoms with Gasteiger partial charge >= 0.3 is 0 Å². The largest absolute Gasteiger partial charge is 0.340 e. The van der Waals surface area contributed by atoms with E-state index in [1.165, 1.54) is 16.7 Å². The molecule has 0 bridgehead atoms. The Kier molecular flexibility index (Phi) is 4.62. The quantitative estimate of drug-likeness (QED) is 0.659. The predicted molar refractivity (Wildman–Crippen MR) is 98.5 cm³/mol. The van der Waals surface area contributed by atoms with Gasteiger partial charge in [-0.3, -0.25) is 0 Å². The van der Waals surface area contributed by atoms with Crippen LogP contribution in [0.3, 0.4) is 0 Å². The maximum absolute atomic E-state index is 5.79. The molecule has 3 aromatic rings. The molecule has 122 valence electrons. The number of aryl methyl sites for hydroxylation is 3. The summed E-state index contributed by atoms with van der Waals surface area (Å²) in [6.45, 7) is 6.26. The van der Waals surface area contributed by atoms with Crippen molar-refractivity contribution < 1.29 is 0 Å². The van der Waals surface area contributed by atoms with Gasteiger partial charge in [-0.25, -0.2) is 9.97 Å². The van der Waals surface area contributed by atoms with Crippen molar-refractivity contribution in [3.8, 4) is 0 Å². The number of benzene rings is 1. The third kappa shape index (κ3) is 3.81. The van der Waals surface area contributed by atoms with E-state index < -0.39 is 0 Å². The Morgan fingerprint density at radius 2 is 1.67 bits per heavy atom. The van der Waals surface area contributed by atoms with Gasteiger partial charge < -0.3 is 10.6 Å². The van der Waals surface area contributed by atoms with E-state index in [1.54, 1.807) is 18.5 Å². The minimum Gasteiger partial charge on any atom is -0.340 e. The van der Waals surface area contributed by atoms with Gasteiger partial charge in [-0.15, -0.1) is 0 Å². The van der Waals surface area contributed by atoms with Gasteiger partial charge in [0.15, 0.2) is 0 Å². The summed E-state index contributed by atoms with van der Waals surface area (Å²) in [6.07, 6.45) is 3.35. The molecule has 2 aromatic heterocycles. The fourth-order valence-electron chi connectivity index (χ4n) is 2.57. The molecule has 0 fully saturated rings. The van der Waals surface area contributed by atoms with Gasteiger partial charge in [0, 0.05) is 11.9 Å². The smallest absolute Gasteiger partial charge is 0.229 e. The molecule has 0 saturated carbocycles. The summed E-state index contributed by atoms with van der Waals surface area (Å²) in [5.41, 5.74) is 5.46. The molecule has 0 spiro atoms. The van der Waals surface area contributed by atoms with Crippen LogP contribution < -0.4 is 10.6 Å². The fraction of sp³-hybridized carbons (Fsp3) is 0.167. The lowest BCUT2D eigenvalue weighted by molar-refractivity contribution is 1.15. The lowest BCUT2D eigenvalue weighted by atomic mass is 10.1. The molecule has 0 aliphatic carbocycles. The first-order valence-corrected chi connectivity index (χ1v) is 7.95. The fourth-order valence-corrected chi connectivity index (χ4v) is 2.68. The van der Waals surface area contributed by atoms with Gasteiger partial charge in [0.05, 0.1) is 11.9 Å². The van der Waals surface area contributed by atoms with Crippen molar-refractivity contribution in [3.63, 3.8) is 0 Å². The molecule has 2 heterocycles. The molecule has 0 aliphatic heterocycles. The number of aromatic nitrogens is 3. The van der Waals surface area contributed by atoms with E-state index in [2.05, 4.69) is 58.5 Å². The van der Waals surface area contributed by atoms with Crippen molar-refractivity contribution in [2.24, 2.45) is 0 Å². The topological polar surface area (TPSA) is 62.7 Å². The summed E-state index contributed by atoms with van der Waals surface area (Å²) in [5.74, 6) is 1.22. The van der Waals surface area contributed by atoms with Gasteiger partial charge in [-0.1, -0.05) is 29.3 Å². The Hall–Kier alpha value is -2.66. The Morgan fingerprint density at radius 3 is 2.33 bits per heavy atom. The van der Waals surface area contributed by atoms with Crippen molar-refractivity contribution in [1.29, 1.82) is 0 Å². The summed E-state index contributed by atoms with van der Waals surface area (Å²) in [4.78, 5) is 12.8. The first-order valence-electron chi connectivity index (χ1n) is 7.58. The van der Waals surface area contributed by atoms with Crippen molar-refractivity contribution >= 4 is 34.7 Å². The highest BCUT2D eigenvalue weighted by Gasteiger charge is 2.06. The number of nitrogens with one attached hydrogen (secondary N) is 2. The standard InChI is InChI=1S/C18H18ClN5/c1-11-8-12(2)17(13(3)9-11)23-16-6-7-20-18(24-16)22-14-4-5-15(19)21-10-14/h4-10H,1-3H3,(H2,20,22,23,24). The molecular weight excluding hydrogens is 322 g/mol. The maximum atomic E-state index is 5.79. The average Bonchev–Trinajstić information content (AvgIpc) is 2.53. The van der Waals surface area contributed by atoms with E-state index in [9.17, 15) is 0 Å². The minimum atomic E-state index is 0.446. The monoisotopic (exact) mass is 339 g/mol. The highest BCUT2D eigenvalue weighted by Crippen LogP contribution is 2.25. The van der Waals surface area contributed by atoms with E-state index in [0.717, 1.165) is 17.2 Å². The Labute approximate surface area is 146 Å². The van der Waals surface area contributed by atoms with Gasteiger partial charge in [-0.2, -0.15) is 4.98 Å². The lowest BCUT2D eigenvalue weighted by Gasteiger charge is -2.14. The number of anilines is 4. The zero-order chi connectivity index (χ0) is 17.1. The molecule has 0 atom stereocenters. The molecular formula is C18H18ClN5. The summed E-state index contributed by atoms with van der Waals surface area (Å²) in [6, 6.07) is 9.67. The Balaban J connectivity index is 1.82. The molecule has 3 rings (SSSR count). The van der Waals surface area contributed by atoms with E-state index in [-0.39, 0.29) is 0 Å². The van der Waals surface area contributed by atoms with E-state index in [1.807, 2.05) is 12.1 Å². The second kappa shape index (κ2) is 6.84. The average molecular weight is 340 g/mol. The summed E-state index contributed by atoms with van der Waals surface area (Å²) < 4.78 is 0. The van der Waals surface area contributed by atoms with Crippen LogP contribution in [0.15, 0.2) is 42.7 Å². The molecule has 0 amide bonds. The molecule has 24 heavy (non-hydrogen) atoms. The van der Waals surface area contributed by atoms with Crippen LogP contribution in [0.2, 0.25) is 5.15 Å².